The highest BCUT2D eigenvalue weighted by Crippen LogP contribution is 2.26. The third-order valence-corrected chi connectivity index (χ3v) is 5.64. The van der Waals surface area contributed by atoms with Crippen molar-refractivity contribution in [3.05, 3.63) is 60.2 Å². The van der Waals surface area contributed by atoms with Crippen molar-refractivity contribution in [3.8, 4) is 0 Å². The average molecular weight is 409 g/mol. The molecule has 3 amide bonds. The van der Waals surface area contributed by atoms with Gasteiger partial charge in [-0.05, 0) is 37.1 Å². The summed E-state index contributed by atoms with van der Waals surface area (Å²) in [6.45, 7) is 4.05. The van der Waals surface area contributed by atoms with Gasteiger partial charge < -0.3 is 25.2 Å². The fourth-order valence-electron chi connectivity index (χ4n) is 4.01. The monoisotopic (exact) mass is 408 g/mol. The standard InChI is InChI=1S/C23H28N4O3/c28-22(27-14-16-30-17-15-27)20-8-4-5-9-21(20)26-12-10-19(11-13-26)25-23(29)24-18-6-2-1-3-7-18/h1-9,19H,10-17H2,(H2,24,25,29). The molecule has 0 spiro atoms. The topological polar surface area (TPSA) is 73.9 Å². The average Bonchev–Trinajstić information content (AvgIpc) is 2.80. The fraction of sp³-hybridized carbons (Fsp3) is 0.391. The molecular formula is C23H28N4O3. The molecule has 158 valence electrons. The van der Waals surface area contributed by atoms with Crippen molar-refractivity contribution in [1.29, 1.82) is 0 Å². The number of hydrogen-bond donors (Lipinski definition) is 2. The first-order valence-corrected chi connectivity index (χ1v) is 10.5. The summed E-state index contributed by atoms with van der Waals surface area (Å²) in [4.78, 5) is 29.4. The number of carbonyl (C=O) groups is 2. The molecule has 0 aliphatic carbocycles. The molecule has 2 aliphatic rings. The number of carbonyl (C=O) groups excluding carboxylic acids is 2. The zero-order valence-electron chi connectivity index (χ0n) is 17.0. The molecule has 2 fully saturated rings. The van der Waals surface area contributed by atoms with Gasteiger partial charge in [0.1, 0.15) is 0 Å². The molecule has 0 radical (unpaired) electrons. The Morgan fingerprint density at radius 3 is 2.27 bits per heavy atom. The first-order valence-electron chi connectivity index (χ1n) is 10.5. The van der Waals surface area contributed by atoms with E-state index in [0.717, 1.165) is 42.9 Å². The molecule has 0 unspecified atom stereocenters. The van der Waals surface area contributed by atoms with Gasteiger partial charge in [0.25, 0.3) is 5.91 Å². The second-order valence-corrected chi connectivity index (χ2v) is 7.65. The van der Waals surface area contributed by atoms with Crippen LogP contribution in [0.25, 0.3) is 0 Å². The number of piperidine rings is 1. The van der Waals surface area contributed by atoms with Crippen LogP contribution in [0.4, 0.5) is 16.2 Å². The first-order chi connectivity index (χ1) is 14.7. The quantitative estimate of drug-likeness (QED) is 0.816. The van der Waals surface area contributed by atoms with Crippen LogP contribution in [-0.2, 0) is 4.74 Å². The van der Waals surface area contributed by atoms with Crippen molar-refractivity contribution in [3.63, 3.8) is 0 Å². The highest BCUT2D eigenvalue weighted by molar-refractivity contribution is 6.00. The van der Waals surface area contributed by atoms with Crippen molar-refractivity contribution in [2.75, 3.05) is 49.6 Å². The summed E-state index contributed by atoms with van der Waals surface area (Å²) < 4.78 is 5.37. The van der Waals surface area contributed by atoms with Gasteiger partial charge in [-0.15, -0.1) is 0 Å². The Kier molecular flexibility index (Phi) is 6.49. The molecule has 7 nitrogen and oxygen atoms in total. The normalized spacial score (nSPS) is 17.5. The highest BCUT2D eigenvalue weighted by Gasteiger charge is 2.26. The number of benzene rings is 2. The molecule has 2 N–H and O–H groups in total. The minimum absolute atomic E-state index is 0.0661. The highest BCUT2D eigenvalue weighted by atomic mass is 16.5. The Balaban J connectivity index is 1.34. The van der Waals surface area contributed by atoms with Gasteiger partial charge in [0.15, 0.2) is 0 Å². The van der Waals surface area contributed by atoms with E-state index in [1.807, 2.05) is 59.5 Å². The summed E-state index contributed by atoms with van der Waals surface area (Å²) in [5.41, 5.74) is 2.50. The molecule has 7 heteroatoms. The van der Waals surface area contributed by atoms with Gasteiger partial charge in [0.05, 0.1) is 18.8 Å². The molecule has 2 aliphatic heterocycles. The predicted octanol–water partition coefficient (Wildman–Crippen LogP) is 2.95. The number of nitrogens with zero attached hydrogens (tertiary/aromatic N) is 2. The van der Waals surface area contributed by atoms with Gasteiger partial charge in [0, 0.05) is 43.6 Å². The lowest BCUT2D eigenvalue weighted by Gasteiger charge is -2.35. The van der Waals surface area contributed by atoms with Gasteiger partial charge in [0.2, 0.25) is 0 Å². The third-order valence-electron chi connectivity index (χ3n) is 5.64. The Bertz CT molecular complexity index is 860. The number of ether oxygens (including phenoxy) is 1. The molecule has 2 aromatic rings. The molecule has 4 rings (SSSR count). The van der Waals surface area contributed by atoms with E-state index in [9.17, 15) is 9.59 Å². The van der Waals surface area contributed by atoms with Gasteiger partial charge in [-0.25, -0.2) is 4.79 Å². The lowest BCUT2D eigenvalue weighted by atomic mass is 10.0. The zero-order chi connectivity index (χ0) is 20.8. The van der Waals surface area contributed by atoms with Crippen LogP contribution in [0, 0.1) is 0 Å². The van der Waals surface area contributed by atoms with E-state index < -0.39 is 0 Å². The molecule has 0 atom stereocenters. The minimum atomic E-state index is -0.178. The number of hydrogen-bond acceptors (Lipinski definition) is 4. The van der Waals surface area contributed by atoms with Crippen LogP contribution in [0.3, 0.4) is 0 Å². The molecule has 0 saturated carbocycles. The second-order valence-electron chi connectivity index (χ2n) is 7.65. The van der Waals surface area contributed by atoms with E-state index in [4.69, 9.17) is 4.74 Å². The Hall–Kier alpha value is -3.06. The van der Waals surface area contributed by atoms with Crippen molar-refractivity contribution in [1.82, 2.24) is 10.2 Å². The van der Waals surface area contributed by atoms with E-state index in [1.165, 1.54) is 0 Å². The van der Waals surface area contributed by atoms with Gasteiger partial charge in [-0.1, -0.05) is 30.3 Å². The van der Waals surface area contributed by atoms with Crippen LogP contribution in [0.15, 0.2) is 54.6 Å². The maximum absolute atomic E-state index is 13.0. The predicted molar refractivity (Wildman–Crippen MR) is 117 cm³/mol. The van der Waals surface area contributed by atoms with Crippen LogP contribution in [-0.4, -0.2) is 62.3 Å². The molecular weight excluding hydrogens is 380 g/mol. The summed E-state index contributed by atoms with van der Waals surface area (Å²) in [6.07, 6.45) is 1.67. The molecule has 2 aromatic carbocycles. The number of rotatable bonds is 4. The van der Waals surface area contributed by atoms with Gasteiger partial charge in [-0.2, -0.15) is 0 Å². The van der Waals surface area contributed by atoms with Crippen LogP contribution in [0.2, 0.25) is 0 Å². The van der Waals surface area contributed by atoms with Crippen LogP contribution >= 0.6 is 0 Å². The van der Waals surface area contributed by atoms with Crippen LogP contribution < -0.4 is 15.5 Å². The maximum atomic E-state index is 13.0. The first kappa shape index (κ1) is 20.2. The van der Waals surface area contributed by atoms with Gasteiger partial charge in [-0.3, -0.25) is 4.79 Å². The minimum Gasteiger partial charge on any atom is -0.378 e. The number of para-hydroxylation sites is 2. The van der Waals surface area contributed by atoms with Crippen LogP contribution in [0.5, 0.6) is 0 Å². The molecule has 2 saturated heterocycles. The summed E-state index contributed by atoms with van der Waals surface area (Å²) >= 11 is 0. The van der Waals surface area contributed by atoms with Crippen molar-refractivity contribution < 1.29 is 14.3 Å². The smallest absolute Gasteiger partial charge is 0.319 e. The number of anilines is 2. The Labute approximate surface area is 177 Å². The lowest BCUT2D eigenvalue weighted by Crippen LogP contribution is -2.46. The summed E-state index contributed by atoms with van der Waals surface area (Å²) in [5.74, 6) is 0.0661. The number of nitrogens with one attached hydrogen (secondary N) is 2. The number of amides is 3. The van der Waals surface area contributed by atoms with Crippen molar-refractivity contribution in [2.24, 2.45) is 0 Å². The van der Waals surface area contributed by atoms with Gasteiger partial charge >= 0.3 is 6.03 Å². The largest absolute Gasteiger partial charge is 0.378 e. The van der Waals surface area contributed by atoms with Crippen LogP contribution in [0.1, 0.15) is 23.2 Å². The SMILES string of the molecule is O=C(Nc1ccccc1)NC1CCN(c2ccccc2C(=O)N2CCOCC2)CC1. The fourth-order valence-corrected chi connectivity index (χ4v) is 4.01. The zero-order valence-corrected chi connectivity index (χ0v) is 17.0. The Morgan fingerprint density at radius 1 is 0.867 bits per heavy atom. The number of urea groups is 1. The van der Waals surface area contributed by atoms with E-state index >= 15 is 0 Å². The third kappa shape index (κ3) is 4.91. The lowest BCUT2D eigenvalue weighted by molar-refractivity contribution is 0.0303. The van der Waals surface area contributed by atoms with E-state index in [2.05, 4.69) is 15.5 Å². The number of morpholine rings is 1. The maximum Gasteiger partial charge on any atom is 0.319 e. The molecule has 2 heterocycles. The van der Waals surface area contributed by atoms with E-state index in [0.29, 0.717) is 26.3 Å². The van der Waals surface area contributed by atoms with E-state index in [-0.39, 0.29) is 18.0 Å². The molecule has 30 heavy (non-hydrogen) atoms. The van der Waals surface area contributed by atoms with Crippen molar-refractivity contribution >= 4 is 23.3 Å². The second kappa shape index (κ2) is 9.63. The van der Waals surface area contributed by atoms with Crippen molar-refractivity contribution in [2.45, 2.75) is 18.9 Å². The molecule has 0 aromatic heterocycles. The Morgan fingerprint density at radius 2 is 1.53 bits per heavy atom. The summed E-state index contributed by atoms with van der Waals surface area (Å²) in [6, 6.07) is 17.2. The summed E-state index contributed by atoms with van der Waals surface area (Å²) in [5, 5.41) is 5.93. The summed E-state index contributed by atoms with van der Waals surface area (Å²) in [7, 11) is 0. The van der Waals surface area contributed by atoms with E-state index in [1.54, 1.807) is 0 Å². The molecule has 0 bridgehead atoms.